The largest absolute Gasteiger partial charge is 0.471 e. The molecule has 158 valence electrons. The predicted molar refractivity (Wildman–Crippen MR) is 114 cm³/mol. The summed E-state index contributed by atoms with van der Waals surface area (Å²) in [6.07, 6.45) is 1.68. The van der Waals surface area contributed by atoms with E-state index < -0.39 is 0 Å². The van der Waals surface area contributed by atoms with E-state index in [-0.39, 0.29) is 30.7 Å². The van der Waals surface area contributed by atoms with Gasteiger partial charge in [0.2, 0.25) is 0 Å². The molecule has 4 aromatic rings. The topological polar surface area (TPSA) is 74.0 Å². The maximum atomic E-state index is 14.0. The smallest absolute Gasteiger partial charge is 0.276 e. The number of carbonyl (C=O) groups is 1. The van der Waals surface area contributed by atoms with E-state index in [1.165, 1.54) is 6.07 Å². The van der Waals surface area contributed by atoms with E-state index in [1.54, 1.807) is 46.7 Å². The Hall–Kier alpha value is -3.94. The molecule has 1 N–H and O–H groups in total. The summed E-state index contributed by atoms with van der Waals surface area (Å²) in [6, 6.07) is 17.6. The van der Waals surface area contributed by atoms with Crippen molar-refractivity contribution in [2.45, 2.75) is 27.1 Å². The molecule has 7 nitrogen and oxygen atoms in total. The number of anilines is 1. The Kier molecular flexibility index (Phi) is 5.79. The second-order valence-electron chi connectivity index (χ2n) is 7.08. The van der Waals surface area contributed by atoms with Gasteiger partial charge in [-0.3, -0.25) is 9.48 Å². The Morgan fingerprint density at radius 3 is 2.55 bits per heavy atom. The van der Waals surface area contributed by atoms with Crippen molar-refractivity contribution in [3.63, 3.8) is 0 Å². The van der Waals surface area contributed by atoms with E-state index in [4.69, 9.17) is 4.74 Å². The molecule has 0 spiro atoms. The second-order valence-corrected chi connectivity index (χ2v) is 7.08. The lowest BCUT2D eigenvalue weighted by molar-refractivity contribution is 0.102. The number of hydrogen-bond donors (Lipinski definition) is 1. The Bertz CT molecular complexity index is 1200. The number of ether oxygens (including phenoxy) is 1. The maximum Gasteiger partial charge on any atom is 0.276 e. The summed E-state index contributed by atoms with van der Waals surface area (Å²) in [5, 5.41) is 11.6. The van der Waals surface area contributed by atoms with Crippen LogP contribution in [0, 0.1) is 19.7 Å². The van der Waals surface area contributed by atoms with Crippen LogP contribution < -0.4 is 10.1 Å². The lowest BCUT2D eigenvalue weighted by atomic mass is 10.2. The second kappa shape index (κ2) is 8.83. The van der Waals surface area contributed by atoms with E-state index in [0.29, 0.717) is 16.9 Å². The lowest BCUT2D eigenvalue weighted by Crippen LogP contribution is -2.15. The zero-order chi connectivity index (χ0) is 21.8. The molecule has 2 aromatic heterocycles. The maximum absolute atomic E-state index is 14.0. The van der Waals surface area contributed by atoms with Crippen molar-refractivity contribution in [1.29, 1.82) is 0 Å². The molecule has 0 saturated heterocycles. The third-order valence-corrected chi connectivity index (χ3v) is 4.88. The van der Waals surface area contributed by atoms with Gasteiger partial charge >= 0.3 is 0 Å². The summed E-state index contributed by atoms with van der Waals surface area (Å²) in [5.41, 5.74) is 2.77. The predicted octanol–water partition coefficient (Wildman–Crippen LogP) is 4.17. The molecule has 0 fully saturated rings. The Morgan fingerprint density at radius 2 is 1.77 bits per heavy atom. The number of benzene rings is 2. The van der Waals surface area contributed by atoms with Gasteiger partial charge in [0.25, 0.3) is 5.91 Å². The van der Waals surface area contributed by atoms with E-state index in [9.17, 15) is 9.18 Å². The first kappa shape index (κ1) is 20.3. The van der Waals surface area contributed by atoms with Crippen molar-refractivity contribution < 1.29 is 13.9 Å². The van der Waals surface area contributed by atoms with Crippen molar-refractivity contribution in [1.82, 2.24) is 19.6 Å². The van der Waals surface area contributed by atoms with Gasteiger partial charge in [0.1, 0.15) is 11.6 Å². The molecular formula is C23H22FN5O2. The molecule has 1 amide bonds. The first-order chi connectivity index (χ1) is 15.0. The highest BCUT2D eigenvalue weighted by Gasteiger charge is 2.17. The number of rotatable bonds is 7. The van der Waals surface area contributed by atoms with Crippen LogP contribution in [0.3, 0.4) is 0 Å². The lowest BCUT2D eigenvalue weighted by Gasteiger charge is -2.07. The van der Waals surface area contributed by atoms with Crippen molar-refractivity contribution in [2.24, 2.45) is 0 Å². The number of nitrogens with one attached hydrogen (secondary N) is 1. The highest BCUT2D eigenvalue weighted by molar-refractivity contribution is 6.03. The van der Waals surface area contributed by atoms with Crippen molar-refractivity contribution in [3.8, 4) is 5.75 Å². The average molecular weight is 419 g/mol. The zero-order valence-electron chi connectivity index (χ0n) is 17.2. The molecule has 0 unspecified atom stereocenters. The molecule has 31 heavy (non-hydrogen) atoms. The monoisotopic (exact) mass is 419 g/mol. The van der Waals surface area contributed by atoms with Crippen LogP contribution >= 0.6 is 0 Å². The van der Waals surface area contributed by atoms with Gasteiger partial charge in [-0.05, 0) is 38.1 Å². The Balaban J connectivity index is 1.43. The van der Waals surface area contributed by atoms with Crippen LogP contribution in [0.5, 0.6) is 5.75 Å². The van der Waals surface area contributed by atoms with Crippen LogP contribution in [-0.4, -0.2) is 25.5 Å². The summed E-state index contributed by atoms with van der Waals surface area (Å²) >= 11 is 0. The number of nitrogens with zero attached hydrogens (tertiary/aromatic N) is 4. The molecule has 0 aliphatic rings. The first-order valence-corrected chi connectivity index (χ1v) is 9.81. The molecule has 0 saturated carbocycles. The van der Waals surface area contributed by atoms with Crippen molar-refractivity contribution >= 4 is 11.6 Å². The van der Waals surface area contributed by atoms with Gasteiger partial charge in [-0.15, -0.1) is 0 Å². The van der Waals surface area contributed by atoms with Crippen LogP contribution in [0.1, 0.15) is 27.4 Å². The minimum atomic E-state index is -0.352. The van der Waals surface area contributed by atoms with Gasteiger partial charge in [-0.25, -0.2) is 9.07 Å². The van der Waals surface area contributed by atoms with Crippen molar-refractivity contribution in [2.75, 3.05) is 5.32 Å². The fourth-order valence-electron chi connectivity index (χ4n) is 3.21. The zero-order valence-corrected chi connectivity index (χ0v) is 17.2. The normalized spacial score (nSPS) is 10.8. The number of para-hydroxylation sites is 1. The number of carbonyl (C=O) groups excluding carboxylic acids is 1. The Morgan fingerprint density at radius 1 is 1.03 bits per heavy atom. The van der Waals surface area contributed by atoms with Crippen LogP contribution in [0.25, 0.3) is 0 Å². The fraction of sp³-hybridized carbons (Fsp3) is 0.174. The number of amides is 1. The fourth-order valence-corrected chi connectivity index (χ4v) is 3.21. The van der Waals surface area contributed by atoms with Gasteiger partial charge in [-0.1, -0.05) is 36.4 Å². The van der Waals surface area contributed by atoms with E-state index in [0.717, 1.165) is 11.4 Å². The van der Waals surface area contributed by atoms with Gasteiger partial charge in [0.15, 0.2) is 12.4 Å². The van der Waals surface area contributed by atoms with Gasteiger partial charge in [0.05, 0.1) is 23.6 Å². The Labute approximate surface area is 179 Å². The standard InChI is InChI=1S/C23H22FN5O2/c1-16-22(17(2)29(26-16)14-18-8-6-7-11-20(18)24)25-23(30)21-12-13-28(27-21)15-31-19-9-4-3-5-10-19/h3-13H,14-15H2,1-2H3,(H,25,30). The molecule has 0 atom stereocenters. The quantitative estimate of drug-likeness (QED) is 0.488. The molecule has 4 rings (SSSR count). The SMILES string of the molecule is Cc1nn(Cc2ccccc2F)c(C)c1NC(=O)c1ccn(COc2ccccc2)n1. The number of aromatic nitrogens is 4. The molecule has 0 radical (unpaired) electrons. The van der Waals surface area contributed by atoms with Crippen molar-refractivity contribution in [3.05, 3.63) is 95.3 Å². The van der Waals surface area contributed by atoms with Gasteiger partial charge < -0.3 is 10.1 Å². The van der Waals surface area contributed by atoms with Crippen LogP contribution in [0.15, 0.2) is 66.9 Å². The highest BCUT2D eigenvalue weighted by atomic mass is 19.1. The molecule has 0 aliphatic heterocycles. The molecule has 2 aromatic carbocycles. The number of aryl methyl sites for hydroxylation is 1. The van der Waals surface area contributed by atoms with Crippen LogP contribution in [0.4, 0.5) is 10.1 Å². The molecular weight excluding hydrogens is 397 g/mol. The first-order valence-electron chi connectivity index (χ1n) is 9.81. The summed E-state index contributed by atoms with van der Waals surface area (Å²) in [6.45, 7) is 4.10. The summed E-state index contributed by atoms with van der Waals surface area (Å²) < 4.78 is 22.8. The third kappa shape index (κ3) is 4.63. The average Bonchev–Trinajstić information content (AvgIpc) is 3.35. The molecule has 0 bridgehead atoms. The number of halogens is 1. The molecule has 0 aliphatic carbocycles. The highest BCUT2D eigenvalue weighted by Crippen LogP contribution is 2.22. The summed E-state index contributed by atoms with van der Waals surface area (Å²) in [7, 11) is 0. The minimum Gasteiger partial charge on any atom is -0.471 e. The summed E-state index contributed by atoms with van der Waals surface area (Å²) in [5.74, 6) is 0.0801. The minimum absolute atomic E-state index is 0.190. The van der Waals surface area contributed by atoms with E-state index >= 15 is 0 Å². The van der Waals surface area contributed by atoms with E-state index in [1.807, 2.05) is 37.3 Å². The molecule has 8 heteroatoms. The third-order valence-electron chi connectivity index (χ3n) is 4.88. The summed E-state index contributed by atoms with van der Waals surface area (Å²) in [4.78, 5) is 12.7. The van der Waals surface area contributed by atoms with Crippen LogP contribution in [0.2, 0.25) is 0 Å². The van der Waals surface area contributed by atoms with Crippen LogP contribution in [-0.2, 0) is 13.3 Å². The molecule has 2 heterocycles. The van der Waals surface area contributed by atoms with E-state index in [2.05, 4.69) is 15.5 Å². The van der Waals surface area contributed by atoms with Gasteiger partial charge in [-0.2, -0.15) is 10.2 Å². The van der Waals surface area contributed by atoms with Gasteiger partial charge in [0, 0.05) is 11.8 Å². The number of hydrogen-bond acceptors (Lipinski definition) is 4.